The molecule has 0 amide bonds. The van der Waals surface area contributed by atoms with Gasteiger partial charge in [-0.05, 0) is 24.9 Å². The van der Waals surface area contributed by atoms with Gasteiger partial charge in [-0.15, -0.1) is 0 Å². The molecule has 1 aromatic rings. The first-order valence-electron chi connectivity index (χ1n) is 7.01. The summed E-state index contributed by atoms with van der Waals surface area (Å²) in [6.07, 6.45) is 0.535. The molecule has 4 heteroatoms. The summed E-state index contributed by atoms with van der Waals surface area (Å²) in [5.74, 6) is 0.198. The van der Waals surface area contributed by atoms with Gasteiger partial charge in [0.15, 0.2) is 0 Å². The van der Waals surface area contributed by atoms with Crippen molar-refractivity contribution in [1.29, 1.82) is 0 Å². The monoisotopic (exact) mass is 278 g/mol. The number of esters is 1. The van der Waals surface area contributed by atoms with Crippen LogP contribution in [0.2, 0.25) is 0 Å². The molecule has 0 aliphatic rings. The molecule has 0 aliphatic heterocycles. The average molecular weight is 278 g/mol. The fourth-order valence-electron chi connectivity index (χ4n) is 2.36. The maximum atomic E-state index is 12.1. The van der Waals surface area contributed by atoms with Gasteiger partial charge in [0.2, 0.25) is 0 Å². The highest BCUT2D eigenvalue weighted by molar-refractivity contribution is 5.82. The van der Waals surface area contributed by atoms with E-state index in [4.69, 9.17) is 10.5 Å². The molecule has 1 unspecified atom stereocenters. The number of ether oxygens (including phenoxy) is 1. The van der Waals surface area contributed by atoms with Gasteiger partial charge in [-0.25, -0.2) is 4.79 Å². The van der Waals surface area contributed by atoms with Crippen LogP contribution < -0.4 is 5.73 Å². The molecule has 0 heterocycles. The van der Waals surface area contributed by atoms with E-state index in [9.17, 15) is 4.79 Å². The molecule has 4 nitrogen and oxygen atoms in total. The van der Waals surface area contributed by atoms with Crippen LogP contribution in [0.4, 0.5) is 0 Å². The van der Waals surface area contributed by atoms with E-state index in [1.165, 1.54) is 7.11 Å². The van der Waals surface area contributed by atoms with Crippen LogP contribution in [0, 0.1) is 5.92 Å². The number of nitrogens with zero attached hydrogens (tertiary/aromatic N) is 1. The highest BCUT2D eigenvalue weighted by atomic mass is 16.5. The first-order chi connectivity index (χ1) is 9.40. The first kappa shape index (κ1) is 16.7. The third kappa shape index (κ3) is 4.32. The van der Waals surface area contributed by atoms with Crippen molar-refractivity contribution in [1.82, 2.24) is 4.90 Å². The first-order valence-corrected chi connectivity index (χ1v) is 7.01. The van der Waals surface area contributed by atoms with E-state index in [2.05, 4.69) is 18.7 Å². The molecule has 0 spiro atoms. The van der Waals surface area contributed by atoms with Crippen LogP contribution in [-0.2, 0) is 15.1 Å². The van der Waals surface area contributed by atoms with Crippen molar-refractivity contribution in [2.24, 2.45) is 11.7 Å². The predicted molar refractivity (Wildman–Crippen MR) is 81.3 cm³/mol. The number of rotatable bonds is 7. The van der Waals surface area contributed by atoms with Crippen molar-refractivity contribution in [3.05, 3.63) is 35.9 Å². The Hall–Kier alpha value is -1.39. The molecular weight excluding hydrogens is 252 g/mol. The Kier molecular flexibility index (Phi) is 6.17. The van der Waals surface area contributed by atoms with Crippen LogP contribution in [-0.4, -0.2) is 38.1 Å². The molecule has 0 saturated heterocycles. The smallest absolute Gasteiger partial charge is 0.330 e. The molecule has 0 saturated carbocycles. The highest BCUT2D eigenvalue weighted by Crippen LogP contribution is 2.24. The molecule has 0 aliphatic carbocycles. The van der Waals surface area contributed by atoms with Crippen molar-refractivity contribution in [3.8, 4) is 0 Å². The maximum Gasteiger partial charge on any atom is 0.330 e. The molecule has 1 rings (SSSR count). The number of hydrogen-bond donors (Lipinski definition) is 1. The lowest BCUT2D eigenvalue weighted by molar-refractivity contribution is -0.148. The second kappa shape index (κ2) is 7.41. The zero-order valence-electron chi connectivity index (χ0n) is 12.9. The second-order valence-electron chi connectivity index (χ2n) is 5.74. The maximum absolute atomic E-state index is 12.1. The lowest BCUT2D eigenvalue weighted by atomic mass is 9.87. The van der Waals surface area contributed by atoms with Crippen molar-refractivity contribution in [2.75, 3.05) is 27.2 Å². The summed E-state index contributed by atoms with van der Waals surface area (Å²) in [5, 5.41) is 0. The van der Waals surface area contributed by atoms with Gasteiger partial charge < -0.3 is 15.4 Å². The largest absolute Gasteiger partial charge is 0.467 e. The Morgan fingerprint density at radius 2 is 1.95 bits per heavy atom. The van der Waals surface area contributed by atoms with Crippen LogP contribution in [0.25, 0.3) is 0 Å². The van der Waals surface area contributed by atoms with Crippen LogP contribution in [0.3, 0.4) is 0 Å². The predicted octanol–water partition coefficient (Wildman–Crippen LogP) is 1.99. The topological polar surface area (TPSA) is 55.6 Å². The molecule has 112 valence electrons. The average Bonchev–Trinajstić information content (AvgIpc) is 2.44. The van der Waals surface area contributed by atoms with E-state index in [0.717, 1.165) is 18.7 Å². The van der Waals surface area contributed by atoms with Gasteiger partial charge in [0.1, 0.15) is 5.54 Å². The van der Waals surface area contributed by atoms with Crippen LogP contribution in [0.15, 0.2) is 30.3 Å². The molecular formula is C16H26N2O2. The summed E-state index contributed by atoms with van der Waals surface area (Å²) in [7, 11) is 3.42. The Labute approximate surface area is 121 Å². The van der Waals surface area contributed by atoms with E-state index in [1.807, 2.05) is 37.4 Å². The highest BCUT2D eigenvalue weighted by Gasteiger charge is 2.37. The number of nitrogens with two attached hydrogens (primary N) is 1. The number of carbonyl (C=O) groups is 1. The third-order valence-electron chi connectivity index (χ3n) is 3.40. The standard InChI is InChI=1S/C16H26N2O2/c1-13(2)12-18(3)11-10-16(17,15(19)20-4)14-8-6-5-7-9-14/h5-9,13H,10-12,17H2,1-4H3. The summed E-state index contributed by atoms with van der Waals surface area (Å²) < 4.78 is 4.90. The van der Waals surface area contributed by atoms with Crippen LogP contribution >= 0.6 is 0 Å². The van der Waals surface area contributed by atoms with Gasteiger partial charge in [0, 0.05) is 13.1 Å². The van der Waals surface area contributed by atoms with Crippen LogP contribution in [0.5, 0.6) is 0 Å². The Morgan fingerprint density at radius 3 is 2.45 bits per heavy atom. The van der Waals surface area contributed by atoms with E-state index in [1.54, 1.807) is 0 Å². The molecule has 1 atom stereocenters. The minimum atomic E-state index is -1.08. The number of methoxy groups -OCH3 is 1. The fourth-order valence-corrected chi connectivity index (χ4v) is 2.36. The zero-order chi connectivity index (χ0) is 15.2. The normalized spacial score (nSPS) is 14.3. The fraction of sp³-hybridized carbons (Fsp3) is 0.562. The van der Waals surface area contributed by atoms with Crippen molar-refractivity contribution in [2.45, 2.75) is 25.8 Å². The molecule has 0 radical (unpaired) electrons. The van der Waals surface area contributed by atoms with Crippen molar-refractivity contribution < 1.29 is 9.53 Å². The minimum absolute atomic E-state index is 0.387. The minimum Gasteiger partial charge on any atom is -0.467 e. The number of hydrogen-bond acceptors (Lipinski definition) is 4. The van der Waals surface area contributed by atoms with E-state index >= 15 is 0 Å². The summed E-state index contributed by atoms with van der Waals surface area (Å²) in [5.41, 5.74) is 6.07. The molecule has 0 fully saturated rings. The zero-order valence-corrected chi connectivity index (χ0v) is 12.9. The Bertz CT molecular complexity index is 420. The molecule has 0 bridgehead atoms. The second-order valence-corrected chi connectivity index (χ2v) is 5.74. The van der Waals surface area contributed by atoms with Gasteiger partial charge in [0.25, 0.3) is 0 Å². The van der Waals surface area contributed by atoms with E-state index in [0.29, 0.717) is 12.3 Å². The Morgan fingerprint density at radius 1 is 1.35 bits per heavy atom. The third-order valence-corrected chi connectivity index (χ3v) is 3.40. The van der Waals surface area contributed by atoms with Gasteiger partial charge in [0.05, 0.1) is 7.11 Å². The van der Waals surface area contributed by atoms with E-state index < -0.39 is 5.54 Å². The molecule has 0 aromatic heterocycles. The van der Waals surface area contributed by atoms with Gasteiger partial charge in [-0.2, -0.15) is 0 Å². The van der Waals surface area contributed by atoms with Crippen molar-refractivity contribution >= 4 is 5.97 Å². The summed E-state index contributed by atoms with van der Waals surface area (Å²) in [6, 6.07) is 9.43. The molecule has 2 N–H and O–H groups in total. The summed E-state index contributed by atoms with van der Waals surface area (Å²) >= 11 is 0. The van der Waals surface area contributed by atoms with Gasteiger partial charge in [-0.3, -0.25) is 0 Å². The van der Waals surface area contributed by atoms with E-state index in [-0.39, 0.29) is 5.97 Å². The van der Waals surface area contributed by atoms with Crippen LogP contribution in [0.1, 0.15) is 25.8 Å². The summed E-state index contributed by atoms with van der Waals surface area (Å²) in [4.78, 5) is 14.3. The van der Waals surface area contributed by atoms with Gasteiger partial charge >= 0.3 is 5.97 Å². The lowest BCUT2D eigenvalue weighted by Crippen LogP contribution is -2.48. The van der Waals surface area contributed by atoms with Crippen molar-refractivity contribution in [3.63, 3.8) is 0 Å². The lowest BCUT2D eigenvalue weighted by Gasteiger charge is -2.29. The summed E-state index contributed by atoms with van der Waals surface area (Å²) in [6.45, 7) is 6.07. The number of carbonyl (C=O) groups excluding carboxylic acids is 1. The quantitative estimate of drug-likeness (QED) is 0.775. The van der Waals surface area contributed by atoms with Gasteiger partial charge in [-0.1, -0.05) is 44.2 Å². The number of benzene rings is 1. The molecule has 1 aromatic carbocycles. The molecule has 20 heavy (non-hydrogen) atoms. The SMILES string of the molecule is COC(=O)C(N)(CCN(C)CC(C)C)c1ccccc1. The Balaban J connectivity index is 2.83.